The summed E-state index contributed by atoms with van der Waals surface area (Å²) in [6.07, 6.45) is 3.79. The number of rotatable bonds is 3. The molecule has 1 heterocycles. The van der Waals surface area contributed by atoms with Gasteiger partial charge in [-0.25, -0.2) is 9.37 Å². The van der Waals surface area contributed by atoms with Crippen molar-refractivity contribution in [2.75, 3.05) is 0 Å². The normalized spacial score (nSPS) is 17.9. The van der Waals surface area contributed by atoms with E-state index in [4.69, 9.17) is 11.6 Å². The van der Waals surface area contributed by atoms with Crippen LogP contribution in [0.4, 0.5) is 4.39 Å². The molecule has 0 saturated heterocycles. The minimum atomic E-state index is -0.247. The van der Waals surface area contributed by atoms with E-state index >= 15 is 0 Å². The van der Waals surface area contributed by atoms with Crippen LogP contribution in [-0.2, 0) is 12.4 Å². The second kappa shape index (κ2) is 4.23. The summed E-state index contributed by atoms with van der Waals surface area (Å²) in [6, 6.07) is 4.77. The van der Waals surface area contributed by atoms with Gasteiger partial charge in [-0.3, -0.25) is 0 Å². The van der Waals surface area contributed by atoms with Gasteiger partial charge in [0.1, 0.15) is 11.6 Å². The quantitative estimate of drug-likeness (QED) is 0.765. The molecule has 96 valence electrons. The molecule has 0 aliphatic heterocycles. The van der Waals surface area contributed by atoms with Crippen molar-refractivity contribution < 1.29 is 4.39 Å². The first-order valence-electron chi connectivity index (χ1n) is 6.32. The average Bonchev–Trinajstić information content (AvgIpc) is 2.64. The summed E-state index contributed by atoms with van der Waals surface area (Å²) in [5.74, 6) is 0.959. The van der Waals surface area contributed by atoms with E-state index in [0.717, 1.165) is 17.9 Å². The average molecular weight is 267 g/mol. The van der Waals surface area contributed by atoms with Gasteiger partial charge in [0.25, 0.3) is 0 Å². The molecule has 1 aliphatic carbocycles. The number of nitrogens with zero attached hydrogens (tertiary/aromatic N) is 2. The topological polar surface area (TPSA) is 17.8 Å². The van der Waals surface area contributed by atoms with Crippen molar-refractivity contribution in [1.29, 1.82) is 0 Å². The number of fused-ring (bicyclic) bond motifs is 1. The number of imidazole rings is 1. The molecule has 4 heteroatoms. The maximum absolute atomic E-state index is 13.2. The van der Waals surface area contributed by atoms with Gasteiger partial charge in [0, 0.05) is 12.6 Å². The van der Waals surface area contributed by atoms with Crippen LogP contribution >= 0.6 is 11.6 Å². The van der Waals surface area contributed by atoms with E-state index in [-0.39, 0.29) is 5.82 Å². The fourth-order valence-corrected chi connectivity index (χ4v) is 2.96. The van der Waals surface area contributed by atoms with E-state index in [9.17, 15) is 4.39 Å². The van der Waals surface area contributed by atoms with Crippen molar-refractivity contribution in [1.82, 2.24) is 9.55 Å². The van der Waals surface area contributed by atoms with Crippen LogP contribution in [0.15, 0.2) is 18.2 Å². The molecule has 0 N–H and O–H groups in total. The van der Waals surface area contributed by atoms with E-state index in [2.05, 4.69) is 16.5 Å². The van der Waals surface area contributed by atoms with Gasteiger partial charge in [-0.15, -0.1) is 11.6 Å². The molecule has 0 radical (unpaired) electrons. The monoisotopic (exact) mass is 266 g/mol. The first-order chi connectivity index (χ1) is 8.61. The Bertz CT molecular complexity index is 587. The molecule has 1 saturated carbocycles. The molecule has 1 aromatic carbocycles. The lowest BCUT2D eigenvalue weighted by molar-refractivity contribution is 0.133. The second-order valence-electron chi connectivity index (χ2n) is 5.55. The Balaban J connectivity index is 2.07. The summed E-state index contributed by atoms with van der Waals surface area (Å²) < 4.78 is 15.4. The summed E-state index contributed by atoms with van der Waals surface area (Å²) in [5.41, 5.74) is 2.04. The highest BCUT2D eigenvalue weighted by atomic mass is 35.5. The van der Waals surface area contributed by atoms with E-state index < -0.39 is 0 Å². The van der Waals surface area contributed by atoms with Crippen LogP contribution in [0.5, 0.6) is 0 Å². The lowest BCUT2D eigenvalue weighted by atomic mass is 9.70. The maximum Gasteiger partial charge on any atom is 0.125 e. The standard InChI is InChI=1S/C14H16ClFN2/c1-14(5-2-6-14)9-18-12-4-3-10(16)7-11(12)17-13(18)8-15/h3-4,7H,2,5-6,8-9H2,1H3. The number of hydrogen-bond acceptors (Lipinski definition) is 1. The molecular formula is C14H16ClFN2. The summed E-state index contributed by atoms with van der Waals surface area (Å²) >= 11 is 5.96. The van der Waals surface area contributed by atoms with Crippen molar-refractivity contribution in [2.24, 2.45) is 5.41 Å². The number of alkyl halides is 1. The van der Waals surface area contributed by atoms with Gasteiger partial charge in [-0.1, -0.05) is 13.3 Å². The molecule has 0 atom stereocenters. The fourth-order valence-electron chi connectivity index (χ4n) is 2.75. The zero-order chi connectivity index (χ0) is 12.8. The summed E-state index contributed by atoms with van der Waals surface area (Å²) in [7, 11) is 0. The largest absolute Gasteiger partial charge is 0.326 e. The van der Waals surface area contributed by atoms with Gasteiger partial charge >= 0.3 is 0 Å². The third-order valence-corrected chi connectivity index (χ3v) is 4.25. The number of halogens is 2. The predicted molar refractivity (Wildman–Crippen MR) is 71.2 cm³/mol. The third kappa shape index (κ3) is 1.91. The molecular weight excluding hydrogens is 251 g/mol. The molecule has 2 aromatic rings. The Hall–Kier alpha value is -1.09. The van der Waals surface area contributed by atoms with Crippen molar-refractivity contribution in [3.05, 3.63) is 29.8 Å². The van der Waals surface area contributed by atoms with E-state index in [0.29, 0.717) is 16.8 Å². The molecule has 0 bridgehead atoms. The highest BCUT2D eigenvalue weighted by Gasteiger charge is 2.33. The summed E-state index contributed by atoms with van der Waals surface area (Å²) in [6.45, 7) is 3.22. The van der Waals surface area contributed by atoms with Crippen LogP contribution in [0.25, 0.3) is 11.0 Å². The lowest BCUT2D eigenvalue weighted by Gasteiger charge is -2.39. The Kier molecular flexibility index (Phi) is 2.81. The zero-order valence-corrected chi connectivity index (χ0v) is 11.2. The molecule has 1 aromatic heterocycles. The summed E-state index contributed by atoms with van der Waals surface area (Å²) in [4.78, 5) is 4.43. The number of benzene rings is 1. The Morgan fingerprint density at radius 2 is 2.22 bits per heavy atom. The minimum Gasteiger partial charge on any atom is -0.326 e. The third-order valence-electron chi connectivity index (χ3n) is 4.01. The second-order valence-corrected chi connectivity index (χ2v) is 5.81. The molecule has 0 amide bonds. The van der Waals surface area contributed by atoms with Crippen LogP contribution in [0.3, 0.4) is 0 Å². The highest BCUT2D eigenvalue weighted by molar-refractivity contribution is 6.16. The molecule has 1 aliphatic rings. The van der Waals surface area contributed by atoms with E-state index in [1.807, 2.05) is 0 Å². The molecule has 0 spiro atoms. The molecule has 18 heavy (non-hydrogen) atoms. The van der Waals surface area contributed by atoms with Crippen molar-refractivity contribution in [3.63, 3.8) is 0 Å². The van der Waals surface area contributed by atoms with Crippen LogP contribution in [0, 0.1) is 11.2 Å². The molecule has 2 nitrogen and oxygen atoms in total. The smallest absolute Gasteiger partial charge is 0.125 e. The van der Waals surface area contributed by atoms with E-state index in [1.165, 1.54) is 31.4 Å². The molecule has 0 unspecified atom stereocenters. The fraction of sp³-hybridized carbons (Fsp3) is 0.500. The van der Waals surface area contributed by atoms with Crippen molar-refractivity contribution in [2.45, 2.75) is 38.6 Å². The predicted octanol–water partition coefficient (Wildman–Crippen LogP) is 4.10. The van der Waals surface area contributed by atoms with E-state index in [1.54, 1.807) is 6.07 Å². The SMILES string of the molecule is CC1(Cn2c(CCl)nc3cc(F)ccc32)CCC1. The van der Waals surface area contributed by atoms with Crippen LogP contribution in [0.2, 0.25) is 0 Å². The zero-order valence-electron chi connectivity index (χ0n) is 10.4. The van der Waals surface area contributed by atoms with Crippen LogP contribution in [0.1, 0.15) is 32.0 Å². The maximum atomic E-state index is 13.2. The molecule has 1 fully saturated rings. The van der Waals surface area contributed by atoms with Gasteiger partial charge in [0.05, 0.1) is 16.9 Å². The highest BCUT2D eigenvalue weighted by Crippen LogP contribution is 2.42. The van der Waals surface area contributed by atoms with Crippen LogP contribution < -0.4 is 0 Å². The first kappa shape index (κ1) is 12.0. The lowest BCUT2D eigenvalue weighted by Crippen LogP contribution is -2.31. The van der Waals surface area contributed by atoms with Gasteiger partial charge in [0.2, 0.25) is 0 Å². The van der Waals surface area contributed by atoms with Crippen LogP contribution in [-0.4, -0.2) is 9.55 Å². The first-order valence-corrected chi connectivity index (χ1v) is 6.85. The van der Waals surface area contributed by atoms with Gasteiger partial charge in [0.15, 0.2) is 0 Å². The Morgan fingerprint density at radius 1 is 1.44 bits per heavy atom. The van der Waals surface area contributed by atoms with Crippen molar-refractivity contribution in [3.8, 4) is 0 Å². The molecule has 3 rings (SSSR count). The Morgan fingerprint density at radius 3 is 2.83 bits per heavy atom. The van der Waals surface area contributed by atoms with Gasteiger partial charge in [-0.2, -0.15) is 0 Å². The van der Waals surface area contributed by atoms with Gasteiger partial charge in [-0.05, 0) is 30.4 Å². The minimum absolute atomic E-state index is 0.247. The number of hydrogen-bond donors (Lipinski definition) is 0. The van der Waals surface area contributed by atoms with Crippen molar-refractivity contribution >= 4 is 22.6 Å². The van der Waals surface area contributed by atoms with Gasteiger partial charge < -0.3 is 4.57 Å². The summed E-state index contributed by atoms with van der Waals surface area (Å²) in [5, 5.41) is 0. The Labute approximate surface area is 111 Å². The number of aromatic nitrogens is 2.